The second-order valence-corrected chi connectivity index (χ2v) is 4.90. The van der Waals surface area contributed by atoms with Crippen LogP contribution in [0.5, 0.6) is 0 Å². The maximum absolute atomic E-state index is 11.5. The van der Waals surface area contributed by atoms with Crippen molar-refractivity contribution in [1.82, 2.24) is 0 Å². The number of alkyl halides is 1. The maximum atomic E-state index is 11.5. The zero-order valence-corrected chi connectivity index (χ0v) is 10.5. The minimum atomic E-state index is -0.709. The van der Waals surface area contributed by atoms with Crippen molar-refractivity contribution in [3.63, 3.8) is 0 Å². The Bertz CT molecular complexity index is 437. The smallest absolute Gasteiger partial charge is 0.344 e. The lowest BCUT2D eigenvalue weighted by atomic mass is 9.88. The fourth-order valence-electron chi connectivity index (χ4n) is 2.75. The Balaban J connectivity index is 1.55. The predicted molar refractivity (Wildman–Crippen MR) is 58.2 cm³/mol. The van der Waals surface area contributed by atoms with Gasteiger partial charge in [0, 0.05) is 0 Å². The molecule has 0 aromatic rings. The van der Waals surface area contributed by atoms with Gasteiger partial charge < -0.3 is 18.9 Å². The molecule has 0 saturated carbocycles. The van der Waals surface area contributed by atoms with E-state index < -0.39 is 30.8 Å². The van der Waals surface area contributed by atoms with Crippen molar-refractivity contribution in [2.75, 3.05) is 12.5 Å². The third kappa shape index (κ3) is 2.06. The first-order valence-electron chi connectivity index (χ1n) is 5.87. The van der Waals surface area contributed by atoms with Gasteiger partial charge in [-0.05, 0) is 6.42 Å². The van der Waals surface area contributed by atoms with E-state index >= 15 is 0 Å². The molecule has 3 rings (SSSR count). The Labute approximate surface area is 113 Å². The number of ether oxygens (including phenoxy) is 4. The molecule has 104 valence electrons. The SMILES string of the molecule is O=C(CCl)OCC(=O)OC1C2CC3C(=O)OC1C3O2. The van der Waals surface area contributed by atoms with E-state index in [4.69, 9.17) is 25.8 Å². The molecule has 8 heteroatoms. The lowest BCUT2D eigenvalue weighted by Gasteiger charge is -2.22. The molecule has 0 aromatic carbocycles. The Morgan fingerprint density at radius 3 is 2.84 bits per heavy atom. The first-order valence-corrected chi connectivity index (χ1v) is 6.40. The monoisotopic (exact) mass is 290 g/mol. The molecule has 5 unspecified atom stereocenters. The van der Waals surface area contributed by atoms with Crippen molar-refractivity contribution in [2.45, 2.75) is 30.8 Å². The van der Waals surface area contributed by atoms with E-state index in [9.17, 15) is 14.4 Å². The van der Waals surface area contributed by atoms with Crippen LogP contribution < -0.4 is 0 Å². The number of hydrogen-bond donors (Lipinski definition) is 0. The Morgan fingerprint density at radius 2 is 2.11 bits per heavy atom. The maximum Gasteiger partial charge on any atom is 0.344 e. The van der Waals surface area contributed by atoms with Crippen LogP contribution in [-0.4, -0.2) is 54.8 Å². The number of carbonyl (C=O) groups is 3. The average Bonchev–Trinajstić information content (AvgIpc) is 3.00. The van der Waals surface area contributed by atoms with Gasteiger partial charge in [-0.3, -0.25) is 9.59 Å². The zero-order valence-electron chi connectivity index (χ0n) is 9.74. The number of halogens is 1. The number of fused-ring (bicyclic) bond motifs is 1. The van der Waals surface area contributed by atoms with E-state index in [1.807, 2.05) is 0 Å². The summed E-state index contributed by atoms with van der Waals surface area (Å²) in [6.45, 7) is -0.510. The predicted octanol–water partition coefficient (Wildman–Crippen LogP) is -0.607. The number of rotatable bonds is 4. The van der Waals surface area contributed by atoms with Crippen molar-refractivity contribution in [2.24, 2.45) is 5.92 Å². The molecule has 3 saturated heterocycles. The molecule has 0 spiro atoms. The van der Waals surface area contributed by atoms with E-state index in [-0.39, 0.29) is 30.0 Å². The van der Waals surface area contributed by atoms with Crippen LogP contribution in [0.15, 0.2) is 0 Å². The van der Waals surface area contributed by atoms with Gasteiger partial charge in [-0.1, -0.05) is 0 Å². The van der Waals surface area contributed by atoms with Crippen LogP contribution in [0.25, 0.3) is 0 Å². The fourth-order valence-corrected chi connectivity index (χ4v) is 2.82. The molecule has 3 aliphatic rings. The minimum Gasteiger partial charge on any atom is -0.455 e. The van der Waals surface area contributed by atoms with Crippen LogP contribution in [0.2, 0.25) is 0 Å². The van der Waals surface area contributed by atoms with Gasteiger partial charge in [0.1, 0.15) is 12.0 Å². The number of carbonyl (C=O) groups excluding carboxylic acids is 3. The molecular formula is C11H11ClO7. The summed E-state index contributed by atoms with van der Waals surface area (Å²) in [6, 6.07) is 0. The van der Waals surface area contributed by atoms with Gasteiger partial charge in [0.25, 0.3) is 0 Å². The quantitative estimate of drug-likeness (QED) is 0.388. The normalized spacial score (nSPS) is 38.2. The highest BCUT2D eigenvalue weighted by atomic mass is 35.5. The first kappa shape index (κ1) is 12.7. The molecule has 3 aliphatic heterocycles. The van der Waals surface area contributed by atoms with E-state index in [1.165, 1.54) is 0 Å². The van der Waals surface area contributed by atoms with Crippen LogP contribution in [-0.2, 0) is 33.3 Å². The van der Waals surface area contributed by atoms with E-state index in [0.717, 1.165) is 0 Å². The molecule has 0 aromatic heterocycles. The molecule has 19 heavy (non-hydrogen) atoms. The zero-order chi connectivity index (χ0) is 13.6. The van der Waals surface area contributed by atoms with E-state index in [2.05, 4.69) is 4.74 Å². The van der Waals surface area contributed by atoms with Crippen molar-refractivity contribution < 1.29 is 33.3 Å². The Hall–Kier alpha value is -1.34. The second-order valence-electron chi connectivity index (χ2n) is 4.63. The van der Waals surface area contributed by atoms with Crippen molar-refractivity contribution >= 4 is 29.5 Å². The summed E-state index contributed by atoms with van der Waals surface area (Å²) in [5, 5.41) is 0. The summed E-state index contributed by atoms with van der Waals surface area (Å²) in [7, 11) is 0. The number of esters is 3. The highest BCUT2D eigenvalue weighted by Crippen LogP contribution is 2.47. The van der Waals surface area contributed by atoms with Crippen LogP contribution in [0.3, 0.4) is 0 Å². The molecule has 0 aliphatic carbocycles. The van der Waals surface area contributed by atoms with Crippen LogP contribution in [0, 0.1) is 5.92 Å². The second kappa shape index (κ2) is 4.64. The molecule has 7 nitrogen and oxygen atoms in total. The van der Waals surface area contributed by atoms with Crippen molar-refractivity contribution in [3.05, 3.63) is 0 Å². The van der Waals surface area contributed by atoms with Gasteiger partial charge >= 0.3 is 17.9 Å². The third-order valence-corrected chi connectivity index (χ3v) is 3.73. The van der Waals surface area contributed by atoms with Crippen LogP contribution >= 0.6 is 11.6 Å². The van der Waals surface area contributed by atoms with Gasteiger partial charge in [-0.15, -0.1) is 11.6 Å². The Morgan fingerprint density at radius 1 is 1.32 bits per heavy atom. The fraction of sp³-hybridized carbons (Fsp3) is 0.727. The topological polar surface area (TPSA) is 88.1 Å². The summed E-state index contributed by atoms with van der Waals surface area (Å²) in [4.78, 5) is 33.8. The molecule has 0 radical (unpaired) electrons. The average molecular weight is 291 g/mol. The van der Waals surface area contributed by atoms with Crippen LogP contribution in [0.4, 0.5) is 0 Å². The molecule has 0 amide bonds. The first-order chi connectivity index (χ1) is 9.10. The molecular weight excluding hydrogens is 280 g/mol. The van der Waals surface area contributed by atoms with Crippen LogP contribution in [0.1, 0.15) is 6.42 Å². The van der Waals surface area contributed by atoms with Gasteiger partial charge in [0.05, 0.1) is 12.0 Å². The number of hydrogen-bond acceptors (Lipinski definition) is 7. The summed E-state index contributed by atoms with van der Waals surface area (Å²) in [6.07, 6.45) is -1.29. The van der Waals surface area contributed by atoms with Gasteiger partial charge in [-0.25, -0.2) is 4.79 Å². The minimum absolute atomic E-state index is 0.237. The van der Waals surface area contributed by atoms with Gasteiger partial charge in [0.2, 0.25) is 0 Å². The van der Waals surface area contributed by atoms with E-state index in [1.54, 1.807) is 0 Å². The highest BCUT2D eigenvalue weighted by molar-refractivity contribution is 6.26. The molecule has 3 fully saturated rings. The lowest BCUT2D eigenvalue weighted by Crippen LogP contribution is -2.40. The van der Waals surface area contributed by atoms with Gasteiger partial charge in [0.15, 0.2) is 18.8 Å². The molecule has 0 N–H and O–H groups in total. The Kier molecular flexibility index (Phi) is 3.10. The van der Waals surface area contributed by atoms with E-state index in [0.29, 0.717) is 6.42 Å². The van der Waals surface area contributed by atoms with Gasteiger partial charge in [-0.2, -0.15) is 0 Å². The molecule has 2 bridgehead atoms. The highest BCUT2D eigenvalue weighted by Gasteiger charge is 2.65. The summed E-state index contributed by atoms with van der Waals surface area (Å²) < 4.78 is 20.4. The summed E-state index contributed by atoms with van der Waals surface area (Å²) in [5.74, 6) is -2.27. The van der Waals surface area contributed by atoms with Crippen molar-refractivity contribution in [1.29, 1.82) is 0 Å². The lowest BCUT2D eigenvalue weighted by molar-refractivity contribution is -0.168. The third-order valence-electron chi connectivity index (χ3n) is 3.51. The summed E-state index contributed by atoms with van der Waals surface area (Å²) in [5.41, 5.74) is 0. The standard InChI is InChI=1S/C11H11ClO7/c12-2-6(13)16-3-7(14)18-9-5-1-4-8(17-5)10(9)19-11(4)15/h4-5,8-10H,1-3H2. The largest absolute Gasteiger partial charge is 0.455 e. The molecule has 3 heterocycles. The van der Waals surface area contributed by atoms with Crippen molar-refractivity contribution in [3.8, 4) is 0 Å². The summed E-state index contributed by atoms with van der Waals surface area (Å²) >= 11 is 5.22. The molecule has 5 atom stereocenters.